The zero-order valence-corrected chi connectivity index (χ0v) is 22.2. The summed E-state index contributed by atoms with van der Waals surface area (Å²) in [6.07, 6.45) is -0.952. The van der Waals surface area contributed by atoms with Crippen molar-refractivity contribution in [1.29, 1.82) is 0 Å². The molecule has 0 atom stereocenters. The molecular weight excluding hydrogens is 510 g/mol. The Bertz CT molecular complexity index is 1280. The molecule has 0 spiro atoms. The van der Waals surface area contributed by atoms with Crippen molar-refractivity contribution < 1.29 is 17.9 Å². The van der Waals surface area contributed by atoms with Crippen LogP contribution >= 0.6 is 23.2 Å². The summed E-state index contributed by atoms with van der Waals surface area (Å²) >= 11 is 13.4. The first kappa shape index (κ1) is 26.8. The van der Waals surface area contributed by atoms with Gasteiger partial charge in [0.05, 0.1) is 5.02 Å². The SMILES string of the molecule is C=C(c1ccc(Cl)c(Cc2cc3c(C)cc(C(F)(F)F)nc3n2C)c1Cl)N1CCC(CCOC)CC1. The van der Waals surface area contributed by atoms with Gasteiger partial charge in [-0.25, -0.2) is 4.98 Å². The summed E-state index contributed by atoms with van der Waals surface area (Å²) in [5.41, 5.74) is 3.05. The van der Waals surface area contributed by atoms with E-state index in [0.29, 0.717) is 38.9 Å². The van der Waals surface area contributed by atoms with Gasteiger partial charge in [-0.2, -0.15) is 13.2 Å². The van der Waals surface area contributed by atoms with Gasteiger partial charge >= 0.3 is 6.18 Å². The predicted octanol–water partition coefficient (Wildman–Crippen LogP) is 7.52. The molecular formula is C27H30Cl2F3N3O. The van der Waals surface area contributed by atoms with E-state index in [4.69, 9.17) is 27.9 Å². The van der Waals surface area contributed by atoms with Gasteiger partial charge in [0.15, 0.2) is 0 Å². The summed E-state index contributed by atoms with van der Waals surface area (Å²) < 4.78 is 46.8. The van der Waals surface area contributed by atoms with E-state index in [0.717, 1.165) is 62.0 Å². The first-order valence-electron chi connectivity index (χ1n) is 11.9. The smallest absolute Gasteiger partial charge is 0.385 e. The van der Waals surface area contributed by atoms with Crippen LogP contribution in [0.3, 0.4) is 0 Å². The number of hydrogen-bond acceptors (Lipinski definition) is 3. The molecule has 1 aromatic carbocycles. The Hall–Kier alpha value is -2.22. The molecule has 4 nitrogen and oxygen atoms in total. The maximum absolute atomic E-state index is 13.3. The quantitative estimate of drug-likeness (QED) is 0.311. The molecule has 1 saturated heterocycles. The maximum Gasteiger partial charge on any atom is 0.433 e. The van der Waals surface area contributed by atoms with E-state index in [-0.39, 0.29) is 5.65 Å². The normalized spacial score (nSPS) is 15.2. The second kappa shape index (κ2) is 10.6. The van der Waals surface area contributed by atoms with Gasteiger partial charge < -0.3 is 14.2 Å². The third-order valence-electron chi connectivity index (χ3n) is 7.18. The monoisotopic (exact) mass is 539 g/mol. The Morgan fingerprint density at radius 2 is 1.89 bits per heavy atom. The van der Waals surface area contributed by atoms with E-state index in [9.17, 15) is 13.2 Å². The van der Waals surface area contributed by atoms with Gasteiger partial charge in [-0.05, 0) is 67.5 Å². The van der Waals surface area contributed by atoms with Crippen LogP contribution in [0, 0.1) is 12.8 Å². The van der Waals surface area contributed by atoms with Gasteiger partial charge in [0.2, 0.25) is 0 Å². The number of likely N-dealkylation sites (tertiary alicyclic amines) is 1. The number of nitrogens with zero attached hydrogens (tertiary/aromatic N) is 3. The van der Waals surface area contributed by atoms with Gasteiger partial charge in [-0.3, -0.25) is 0 Å². The number of halogens is 5. The summed E-state index contributed by atoms with van der Waals surface area (Å²) in [5.74, 6) is 0.645. The van der Waals surface area contributed by atoms with Crippen LogP contribution in [0.5, 0.6) is 0 Å². The van der Waals surface area contributed by atoms with Crippen LogP contribution in [-0.2, 0) is 24.4 Å². The Morgan fingerprint density at radius 1 is 1.19 bits per heavy atom. The minimum Gasteiger partial charge on any atom is -0.385 e. The molecule has 0 aliphatic carbocycles. The summed E-state index contributed by atoms with van der Waals surface area (Å²) in [7, 11) is 3.44. The maximum atomic E-state index is 13.3. The highest BCUT2D eigenvalue weighted by Gasteiger charge is 2.33. The van der Waals surface area contributed by atoms with Crippen molar-refractivity contribution in [3.63, 3.8) is 0 Å². The average Bonchev–Trinajstić information content (AvgIpc) is 3.15. The van der Waals surface area contributed by atoms with Gasteiger partial charge in [0.1, 0.15) is 11.3 Å². The van der Waals surface area contributed by atoms with Crippen LogP contribution in [0.4, 0.5) is 13.2 Å². The number of aromatic nitrogens is 2. The van der Waals surface area contributed by atoms with Gasteiger partial charge in [-0.15, -0.1) is 0 Å². The molecule has 2 aromatic heterocycles. The molecule has 4 rings (SSSR count). The highest BCUT2D eigenvalue weighted by atomic mass is 35.5. The molecule has 0 unspecified atom stereocenters. The highest BCUT2D eigenvalue weighted by Crippen LogP contribution is 2.37. The lowest BCUT2D eigenvalue weighted by Gasteiger charge is -2.35. The zero-order valence-electron chi connectivity index (χ0n) is 20.7. The molecule has 0 N–H and O–H groups in total. The largest absolute Gasteiger partial charge is 0.433 e. The molecule has 1 aliphatic rings. The lowest BCUT2D eigenvalue weighted by atomic mass is 9.93. The first-order chi connectivity index (χ1) is 17.0. The fourth-order valence-electron chi connectivity index (χ4n) is 4.92. The summed E-state index contributed by atoms with van der Waals surface area (Å²) in [6.45, 7) is 8.56. The van der Waals surface area contributed by atoms with Crippen molar-refractivity contribution in [3.05, 3.63) is 69.0 Å². The highest BCUT2D eigenvalue weighted by molar-refractivity contribution is 6.37. The number of benzene rings is 1. The third-order valence-corrected chi connectivity index (χ3v) is 7.96. The topological polar surface area (TPSA) is 30.3 Å². The molecule has 194 valence electrons. The second-order valence-corrected chi connectivity index (χ2v) is 10.3. The number of rotatable bonds is 7. The molecule has 3 aromatic rings. The molecule has 0 radical (unpaired) electrons. The van der Waals surface area contributed by atoms with Crippen molar-refractivity contribution in [2.45, 2.75) is 38.8 Å². The van der Waals surface area contributed by atoms with E-state index < -0.39 is 11.9 Å². The van der Waals surface area contributed by atoms with Crippen LogP contribution in [0.2, 0.25) is 10.0 Å². The van der Waals surface area contributed by atoms with Crippen molar-refractivity contribution in [3.8, 4) is 0 Å². The Labute approximate surface area is 219 Å². The average molecular weight is 540 g/mol. The number of pyridine rings is 1. The fourth-order valence-corrected chi connectivity index (χ4v) is 5.54. The summed E-state index contributed by atoms with van der Waals surface area (Å²) in [4.78, 5) is 6.14. The van der Waals surface area contributed by atoms with E-state index >= 15 is 0 Å². The molecule has 0 amide bonds. The van der Waals surface area contributed by atoms with Crippen LogP contribution in [-0.4, -0.2) is 41.3 Å². The van der Waals surface area contributed by atoms with Crippen molar-refractivity contribution in [2.75, 3.05) is 26.8 Å². The van der Waals surface area contributed by atoms with Gasteiger partial charge in [0, 0.05) is 67.6 Å². The lowest BCUT2D eigenvalue weighted by molar-refractivity contribution is -0.141. The Kier molecular flexibility index (Phi) is 7.93. The molecule has 0 bridgehead atoms. The Morgan fingerprint density at radius 3 is 2.53 bits per heavy atom. The molecule has 1 aliphatic heterocycles. The van der Waals surface area contributed by atoms with Gasteiger partial charge in [0.25, 0.3) is 0 Å². The van der Waals surface area contributed by atoms with E-state index in [2.05, 4.69) is 16.5 Å². The number of piperidine rings is 1. The van der Waals surface area contributed by atoms with Gasteiger partial charge in [-0.1, -0.05) is 29.8 Å². The predicted molar refractivity (Wildman–Crippen MR) is 140 cm³/mol. The first-order valence-corrected chi connectivity index (χ1v) is 12.7. The van der Waals surface area contributed by atoms with Crippen LogP contribution < -0.4 is 0 Å². The zero-order chi connectivity index (χ0) is 26.2. The summed E-state index contributed by atoms with van der Waals surface area (Å²) in [5, 5.41) is 1.69. The van der Waals surface area contributed by atoms with Crippen molar-refractivity contribution in [1.82, 2.24) is 14.5 Å². The van der Waals surface area contributed by atoms with Crippen LogP contribution in [0.25, 0.3) is 16.7 Å². The number of hydrogen-bond donors (Lipinski definition) is 0. The lowest BCUT2D eigenvalue weighted by Crippen LogP contribution is -2.32. The molecule has 36 heavy (non-hydrogen) atoms. The van der Waals surface area contributed by atoms with Crippen molar-refractivity contribution in [2.24, 2.45) is 13.0 Å². The van der Waals surface area contributed by atoms with E-state index in [1.807, 2.05) is 18.2 Å². The Balaban J connectivity index is 1.61. The van der Waals surface area contributed by atoms with E-state index in [1.165, 1.54) is 0 Å². The van der Waals surface area contributed by atoms with Crippen LogP contribution in [0.15, 0.2) is 30.8 Å². The molecule has 9 heteroatoms. The van der Waals surface area contributed by atoms with Crippen molar-refractivity contribution >= 4 is 39.9 Å². The van der Waals surface area contributed by atoms with Crippen LogP contribution in [0.1, 0.15) is 47.3 Å². The fraction of sp³-hybridized carbons (Fsp3) is 0.444. The number of ether oxygens (including phenoxy) is 1. The number of fused-ring (bicyclic) bond motifs is 1. The second-order valence-electron chi connectivity index (χ2n) is 9.48. The standard InChI is InChI=1S/C27H30Cl2F3N3O/c1-16-13-24(27(30,31)32)33-26-21(16)14-19(34(26)3)15-22-23(28)6-5-20(25(22)29)17(2)35-10-7-18(8-11-35)9-12-36-4/h5-6,13-14,18H,2,7-12,15H2,1,3-4H3. The minimum atomic E-state index is -4.51. The number of methoxy groups -OCH3 is 1. The molecule has 0 saturated carbocycles. The minimum absolute atomic E-state index is 0.279. The number of alkyl halides is 3. The third kappa shape index (κ3) is 5.38. The molecule has 3 heterocycles. The molecule has 1 fully saturated rings. The van der Waals surface area contributed by atoms with E-state index in [1.54, 1.807) is 25.6 Å². The summed E-state index contributed by atoms with van der Waals surface area (Å²) in [6, 6.07) is 6.63. The number of aryl methyl sites for hydroxylation is 2.